The van der Waals surface area contributed by atoms with Crippen LogP contribution in [0.3, 0.4) is 0 Å². The van der Waals surface area contributed by atoms with Crippen molar-refractivity contribution >= 4 is 27.8 Å². The number of carboxylic acid groups (broad SMARTS) is 1. The van der Waals surface area contributed by atoms with Crippen LogP contribution >= 0.6 is 15.9 Å². The normalized spacial score (nSPS) is 11.9. The summed E-state index contributed by atoms with van der Waals surface area (Å²) < 4.78 is 0.636. The Hall–Kier alpha value is -1.43. The van der Waals surface area contributed by atoms with E-state index in [1.54, 1.807) is 18.3 Å². The van der Waals surface area contributed by atoms with Crippen LogP contribution in [0.4, 0.5) is 0 Å². The number of rotatable bonds is 4. The molecule has 6 heteroatoms. The van der Waals surface area contributed by atoms with Gasteiger partial charge >= 0.3 is 5.97 Å². The van der Waals surface area contributed by atoms with E-state index in [0.29, 0.717) is 4.60 Å². The molecule has 0 saturated carbocycles. The van der Waals surface area contributed by atoms with Crippen LogP contribution in [0, 0.1) is 0 Å². The van der Waals surface area contributed by atoms with Gasteiger partial charge in [0.25, 0.3) is 0 Å². The van der Waals surface area contributed by atoms with Gasteiger partial charge in [-0.3, -0.25) is 4.79 Å². The molecule has 86 valence electrons. The van der Waals surface area contributed by atoms with E-state index in [9.17, 15) is 9.59 Å². The molecule has 1 heterocycles. The van der Waals surface area contributed by atoms with Crippen molar-refractivity contribution in [3.05, 3.63) is 28.5 Å². The van der Waals surface area contributed by atoms with Crippen LogP contribution in [0.2, 0.25) is 0 Å². The predicted octanol–water partition coefficient (Wildman–Crippen LogP) is 0.976. The fourth-order valence-electron chi connectivity index (χ4n) is 1.25. The highest BCUT2D eigenvalue weighted by atomic mass is 79.9. The first-order valence-corrected chi connectivity index (χ1v) is 5.38. The number of hydrogen-bond donors (Lipinski definition) is 2. The zero-order valence-corrected chi connectivity index (χ0v) is 10.2. The second-order valence-corrected chi connectivity index (χ2v) is 4.09. The molecule has 1 rings (SSSR count). The number of pyridine rings is 1. The Morgan fingerprint density at radius 2 is 2.31 bits per heavy atom. The van der Waals surface area contributed by atoms with Gasteiger partial charge in [0.05, 0.1) is 0 Å². The Bertz CT molecular complexity index is 409. The summed E-state index contributed by atoms with van der Waals surface area (Å²) in [6, 6.07) is 2.52. The lowest BCUT2D eigenvalue weighted by atomic mass is 10.1. The Morgan fingerprint density at radius 1 is 1.62 bits per heavy atom. The Morgan fingerprint density at radius 3 is 2.81 bits per heavy atom. The summed E-state index contributed by atoms with van der Waals surface area (Å²) in [5.74, 6) is -1.41. The van der Waals surface area contributed by atoms with E-state index >= 15 is 0 Å². The van der Waals surface area contributed by atoms with Gasteiger partial charge in [-0.1, -0.05) is 0 Å². The van der Waals surface area contributed by atoms with E-state index in [1.807, 2.05) is 0 Å². The highest BCUT2D eigenvalue weighted by Crippen LogP contribution is 2.10. The first kappa shape index (κ1) is 12.6. The van der Waals surface area contributed by atoms with Crippen LogP contribution in [0.15, 0.2) is 22.9 Å². The van der Waals surface area contributed by atoms with E-state index in [0.717, 1.165) is 5.56 Å². The molecule has 0 aliphatic rings. The topological polar surface area (TPSA) is 79.3 Å². The van der Waals surface area contributed by atoms with E-state index < -0.39 is 12.0 Å². The molecule has 5 nitrogen and oxygen atoms in total. The summed E-state index contributed by atoms with van der Waals surface area (Å²) in [7, 11) is 0. The second kappa shape index (κ2) is 5.60. The maximum absolute atomic E-state index is 10.9. The van der Waals surface area contributed by atoms with Gasteiger partial charge in [0.2, 0.25) is 5.91 Å². The maximum Gasteiger partial charge on any atom is 0.326 e. The van der Waals surface area contributed by atoms with E-state index in [4.69, 9.17) is 5.11 Å². The van der Waals surface area contributed by atoms with E-state index in [-0.39, 0.29) is 12.3 Å². The minimum Gasteiger partial charge on any atom is -0.480 e. The summed E-state index contributed by atoms with van der Waals surface area (Å²) in [6.07, 6.45) is 1.81. The lowest BCUT2D eigenvalue weighted by Crippen LogP contribution is -2.41. The molecule has 1 aromatic heterocycles. The zero-order chi connectivity index (χ0) is 12.1. The van der Waals surface area contributed by atoms with Crippen molar-refractivity contribution in [2.45, 2.75) is 19.4 Å². The summed E-state index contributed by atoms with van der Waals surface area (Å²) in [5.41, 5.74) is 0.794. The minimum absolute atomic E-state index is 0.232. The van der Waals surface area contributed by atoms with Gasteiger partial charge < -0.3 is 10.4 Å². The fourth-order valence-corrected chi connectivity index (χ4v) is 1.66. The quantitative estimate of drug-likeness (QED) is 0.809. The van der Waals surface area contributed by atoms with Crippen LogP contribution in [0.25, 0.3) is 0 Å². The van der Waals surface area contributed by atoms with Gasteiger partial charge in [0.15, 0.2) is 0 Å². The minimum atomic E-state index is -1.05. The smallest absolute Gasteiger partial charge is 0.326 e. The van der Waals surface area contributed by atoms with Crippen molar-refractivity contribution in [2.24, 2.45) is 0 Å². The molecule has 0 saturated heterocycles. The number of amides is 1. The van der Waals surface area contributed by atoms with Crippen LogP contribution in [-0.4, -0.2) is 28.0 Å². The number of nitrogens with zero attached hydrogens (tertiary/aromatic N) is 1. The number of carbonyl (C=O) groups is 2. The van der Waals surface area contributed by atoms with Gasteiger partial charge in [-0.2, -0.15) is 0 Å². The van der Waals surface area contributed by atoms with Gasteiger partial charge in [-0.05, 0) is 33.6 Å². The molecule has 1 aromatic rings. The molecule has 1 amide bonds. The second-order valence-electron chi connectivity index (χ2n) is 3.28. The molecule has 0 aromatic carbocycles. The number of halogens is 1. The molecule has 1 unspecified atom stereocenters. The van der Waals surface area contributed by atoms with Crippen LogP contribution in [0.5, 0.6) is 0 Å². The molecule has 0 bridgehead atoms. The fraction of sp³-hybridized carbons (Fsp3) is 0.300. The first-order chi connectivity index (χ1) is 7.49. The number of hydrogen-bond acceptors (Lipinski definition) is 3. The molecule has 0 fully saturated rings. The molecular weight excluding hydrogens is 276 g/mol. The number of carbonyl (C=O) groups excluding carboxylic acids is 1. The SMILES string of the molecule is CC(=O)NC(Cc1ccnc(Br)c1)C(=O)O. The van der Waals surface area contributed by atoms with Crippen molar-refractivity contribution in [3.63, 3.8) is 0 Å². The van der Waals surface area contributed by atoms with Gasteiger partial charge in [0, 0.05) is 19.5 Å². The van der Waals surface area contributed by atoms with Gasteiger partial charge in [-0.25, -0.2) is 9.78 Å². The van der Waals surface area contributed by atoms with Crippen molar-refractivity contribution in [2.75, 3.05) is 0 Å². The zero-order valence-electron chi connectivity index (χ0n) is 8.61. The molecule has 2 N–H and O–H groups in total. The summed E-state index contributed by atoms with van der Waals surface area (Å²) >= 11 is 3.19. The van der Waals surface area contributed by atoms with Crippen molar-refractivity contribution < 1.29 is 14.7 Å². The van der Waals surface area contributed by atoms with Crippen molar-refractivity contribution in [1.82, 2.24) is 10.3 Å². The molecular formula is C10H11BrN2O3. The lowest BCUT2D eigenvalue weighted by molar-refractivity contribution is -0.141. The summed E-state index contributed by atoms with van der Waals surface area (Å²) in [4.78, 5) is 25.6. The number of aromatic nitrogens is 1. The molecule has 16 heavy (non-hydrogen) atoms. The molecule has 1 atom stereocenters. The number of aliphatic carboxylic acids is 1. The van der Waals surface area contributed by atoms with Crippen LogP contribution < -0.4 is 5.32 Å². The monoisotopic (exact) mass is 286 g/mol. The molecule has 0 spiro atoms. The van der Waals surface area contributed by atoms with E-state index in [1.165, 1.54) is 6.92 Å². The standard InChI is InChI=1S/C10H11BrN2O3/c1-6(14)13-8(10(15)16)4-7-2-3-12-9(11)5-7/h2-3,5,8H,4H2,1H3,(H,13,14)(H,15,16). The molecule has 0 aliphatic carbocycles. The summed E-state index contributed by atoms with van der Waals surface area (Å²) in [5, 5.41) is 11.3. The summed E-state index contributed by atoms with van der Waals surface area (Å²) in [6.45, 7) is 1.29. The highest BCUT2D eigenvalue weighted by molar-refractivity contribution is 9.10. The Balaban J connectivity index is 2.75. The first-order valence-electron chi connectivity index (χ1n) is 4.59. The highest BCUT2D eigenvalue weighted by Gasteiger charge is 2.18. The number of nitrogens with one attached hydrogen (secondary N) is 1. The molecule has 0 radical (unpaired) electrons. The van der Waals surface area contributed by atoms with Gasteiger partial charge in [0.1, 0.15) is 10.6 Å². The third-order valence-electron chi connectivity index (χ3n) is 1.91. The average molecular weight is 287 g/mol. The number of carboxylic acids is 1. The Kier molecular flexibility index (Phi) is 4.42. The third-order valence-corrected chi connectivity index (χ3v) is 2.34. The van der Waals surface area contributed by atoms with Gasteiger partial charge in [-0.15, -0.1) is 0 Å². The Labute approximate surface area is 101 Å². The largest absolute Gasteiger partial charge is 0.480 e. The van der Waals surface area contributed by atoms with E-state index in [2.05, 4.69) is 26.2 Å². The molecule has 0 aliphatic heterocycles. The van der Waals surface area contributed by atoms with Crippen LogP contribution in [0.1, 0.15) is 12.5 Å². The van der Waals surface area contributed by atoms with Crippen molar-refractivity contribution in [1.29, 1.82) is 0 Å². The van der Waals surface area contributed by atoms with Crippen molar-refractivity contribution in [3.8, 4) is 0 Å². The predicted molar refractivity (Wildman–Crippen MR) is 60.9 cm³/mol. The maximum atomic E-state index is 10.9. The lowest BCUT2D eigenvalue weighted by Gasteiger charge is -2.13. The third kappa shape index (κ3) is 3.98. The van der Waals surface area contributed by atoms with Crippen LogP contribution in [-0.2, 0) is 16.0 Å². The average Bonchev–Trinajstić information content (AvgIpc) is 2.15.